The van der Waals surface area contributed by atoms with Crippen molar-refractivity contribution in [3.8, 4) is 11.8 Å². The summed E-state index contributed by atoms with van der Waals surface area (Å²) in [6.45, 7) is 2.15. The fourth-order valence-electron chi connectivity index (χ4n) is 2.79. The fraction of sp³-hybridized carbons (Fsp3) is 0.0833. The average Bonchev–Trinajstić information content (AvgIpc) is 3.16. The molecule has 0 fully saturated rings. The summed E-state index contributed by atoms with van der Waals surface area (Å²) in [4.78, 5) is 7.60. The van der Waals surface area contributed by atoms with Crippen molar-refractivity contribution in [3.63, 3.8) is 0 Å². The number of hydrazone groups is 1. The quantitative estimate of drug-likeness (QED) is 0.305. The molecule has 0 saturated carbocycles. The highest BCUT2D eigenvalue weighted by Crippen LogP contribution is 2.13. The van der Waals surface area contributed by atoms with Crippen LogP contribution in [-0.4, -0.2) is 16.2 Å². The van der Waals surface area contributed by atoms with Crippen LogP contribution in [0.1, 0.15) is 29.2 Å². The molecule has 0 aliphatic rings. The predicted molar refractivity (Wildman–Crippen MR) is 116 cm³/mol. The van der Waals surface area contributed by atoms with Crippen molar-refractivity contribution >= 4 is 23.2 Å². The van der Waals surface area contributed by atoms with E-state index in [1.54, 1.807) is 6.21 Å². The number of benzene rings is 3. The van der Waals surface area contributed by atoms with Crippen molar-refractivity contribution in [2.24, 2.45) is 5.10 Å². The monoisotopic (exact) mass is 364 g/mol. The first-order chi connectivity index (χ1) is 13.8. The first kappa shape index (κ1) is 17.6. The summed E-state index contributed by atoms with van der Waals surface area (Å²) in [6.07, 6.45) is 2.80. The van der Waals surface area contributed by atoms with E-state index in [-0.39, 0.29) is 0 Å². The van der Waals surface area contributed by atoms with Crippen LogP contribution in [-0.2, 0) is 6.42 Å². The molecule has 4 rings (SSSR count). The molecule has 1 heterocycles. The normalized spacial score (nSPS) is 10.8. The van der Waals surface area contributed by atoms with Crippen LogP contribution in [0.2, 0.25) is 0 Å². The summed E-state index contributed by atoms with van der Waals surface area (Å²) >= 11 is 0. The van der Waals surface area contributed by atoms with Gasteiger partial charge in [-0.15, -0.1) is 0 Å². The predicted octanol–water partition coefficient (Wildman–Crippen LogP) is 4.97. The molecule has 0 unspecified atom stereocenters. The van der Waals surface area contributed by atoms with Crippen LogP contribution in [0, 0.1) is 11.8 Å². The summed E-state index contributed by atoms with van der Waals surface area (Å²) in [5.74, 6) is 7.02. The Labute approximate surface area is 164 Å². The Morgan fingerprint density at radius 3 is 2.29 bits per heavy atom. The number of imidazole rings is 1. The lowest BCUT2D eigenvalue weighted by atomic mass is 10.1. The third-order valence-corrected chi connectivity index (χ3v) is 4.40. The minimum atomic E-state index is 0.619. The van der Waals surface area contributed by atoms with Crippen LogP contribution in [0.5, 0.6) is 0 Å². The Hall–Kier alpha value is -3.84. The number of nitrogens with zero attached hydrogens (tertiary/aromatic N) is 2. The molecule has 0 spiro atoms. The van der Waals surface area contributed by atoms with Gasteiger partial charge in [0.2, 0.25) is 5.95 Å². The highest BCUT2D eigenvalue weighted by molar-refractivity contribution is 5.81. The molecule has 0 aliphatic heterocycles. The molecule has 0 atom stereocenters. The molecule has 4 nitrogen and oxygen atoms in total. The zero-order valence-electron chi connectivity index (χ0n) is 15.6. The first-order valence-electron chi connectivity index (χ1n) is 9.25. The van der Waals surface area contributed by atoms with Gasteiger partial charge in [-0.1, -0.05) is 55.2 Å². The number of nitrogens with one attached hydrogen (secondary N) is 2. The molecule has 4 heteroatoms. The lowest BCUT2D eigenvalue weighted by Gasteiger charge is -1.96. The van der Waals surface area contributed by atoms with Gasteiger partial charge in [-0.2, -0.15) is 5.10 Å². The smallest absolute Gasteiger partial charge is 0.222 e. The maximum absolute atomic E-state index is 4.42. The van der Waals surface area contributed by atoms with Crippen molar-refractivity contribution in [2.75, 3.05) is 5.43 Å². The van der Waals surface area contributed by atoms with Gasteiger partial charge in [0.25, 0.3) is 0 Å². The van der Waals surface area contributed by atoms with Gasteiger partial charge in [-0.05, 0) is 53.9 Å². The Morgan fingerprint density at radius 1 is 0.929 bits per heavy atom. The molecule has 2 N–H and O–H groups in total. The van der Waals surface area contributed by atoms with Gasteiger partial charge in [0.1, 0.15) is 0 Å². The highest BCUT2D eigenvalue weighted by Gasteiger charge is 1.99. The first-order valence-corrected chi connectivity index (χ1v) is 9.25. The maximum Gasteiger partial charge on any atom is 0.222 e. The van der Waals surface area contributed by atoms with E-state index in [9.17, 15) is 0 Å². The molecule has 0 saturated heterocycles. The molecule has 28 heavy (non-hydrogen) atoms. The number of H-pyrrole nitrogens is 1. The Kier molecular flexibility index (Phi) is 5.17. The van der Waals surface area contributed by atoms with Crippen LogP contribution < -0.4 is 5.43 Å². The number of para-hydroxylation sites is 2. The second-order valence-electron chi connectivity index (χ2n) is 6.40. The van der Waals surface area contributed by atoms with E-state index in [0.717, 1.165) is 34.1 Å². The molecule has 1 aromatic heterocycles. The van der Waals surface area contributed by atoms with Crippen LogP contribution in [0.4, 0.5) is 5.95 Å². The minimum absolute atomic E-state index is 0.619. The molecule has 0 aliphatic carbocycles. The van der Waals surface area contributed by atoms with E-state index < -0.39 is 0 Å². The molecule has 4 aromatic rings. The number of hydrogen-bond acceptors (Lipinski definition) is 3. The van der Waals surface area contributed by atoms with Crippen molar-refractivity contribution in [1.82, 2.24) is 9.97 Å². The number of aromatic nitrogens is 2. The topological polar surface area (TPSA) is 53.1 Å². The summed E-state index contributed by atoms with van der Waals surface area (Å²) in [6, 6.07) is 24.2. The third-order valence-electron chi connectivity index (χ3n) is 4.40. The van der Waals surface area contributed by atoms with Crippen molar-refractivity contribution < 1.29 is 0 Å². The largest absolute Gasteiger partial charge is 0.323 e. The van der Waals surface area contributed by atoms with Crippen LogP contribution >= 0.6 is 0 Å². The zero-order valence-corrected chi connectivity index (χ0v) is 15.6. The summed E-state index contributed by atoms with van der Waals surface area (Å²) in [5, 5.41) is 4.24. The van der Waals surface area contributed by atoms with Gasteiger partial charge in [0, 0.05) is 11.1 Å². The van der Waals surface area contributed by atoms with Gasteiger partial charge >= 0.3 is 0 Å². The number of fused-ring (bicyclic) bond motifs is 1. The SMILES string of the molecule is CCc1ccc(C#Cc2ccc(/C=N/Nc3nc4ccccc4[nH]3)cc2)cc1. The summed E-state index contributed by atoms with van der Waals surface area (Å²) in [7, 11) is 0. The van der Waals surface area contributed by atoms with E-state index in [1.807, 2.05) is 48.5 Å². The second kappa shape index (κ2) is 8.24. The lowest BCUT2D eigenvalue weighted by Crippen LogP contribution is -1.92. The minimum Gasteiger partial charge on any atom is -0.323 e. The molecule has 0 amide bonds. The lowest BCUT2D eigenvalue weighted by molar-refractivity contribution is 1.14. The Bertz CT molecular complexity index is 1120. The molecular weight excluding hydrogens is 344 g/mol. The standard InChI is InChI=1S/C24H20N4/c1-2-18-7-9-19(10-8-18)11-12-20-13-15-21(16-14-20)17-25-28-24-26-22-5-3-4-6-23(22)27-24/h3-10,13-17H,2H2,1H3,(H2,26,27,28)/b25-17+. The van der Waals surface area contributed by atoms with E-state index in [2.05, 4.69) is 63.5 Å². The number of aryl methyl sites for hydroxylation is 1. The van der Waals surface area contributed by atoms with Crippen molar-refractivity contribution in [1.29, 1.82) is 0 Å². The molecule has 0 bridgehead atoms. The summed E-state index contributed by atoms with van der Waals surface area (Å²) in [5.41, 5.74) is 9.13. The van der Waals surface area contributed by atoms with Gasteiger partial charge < -0.3 is 4.98 Å². The number of anilines is 1. The number of rotatable bonds is 4. The van der Waals surface area contributed by atoms with Crippen molar-refractivity contribution in [2.45, 2.75) is 13.3 Å². The molecule has 136 valence electrons. The summed E-state index contributed by atoms with van der Waals surface area (Å²) < 4.78 is 0. The van der Waals surface area contributed by atoms with Crippen LogP contribution in [0.3, 0.4) is 0 Å². The number of aromatic amines is 1. The zero-order chi connectivity index (χ0) is 19.2. The van der Waals surface area contributed by atoms with Gasteiger partial charge in [-0.25, -0.2) is 10.4 Å². The van der Waals surface area contributed by atoms with E-state index in [0.29, 0.717) is 5.95 Å². The second-order valence-corrected chi connectivity index (χ2v) is 6.40. The highest BCUT2D eigenvalue weighted by atomic mass is 15.3. The Morgan fingerprint density at radius 2 is 1.61 bits per heavy atom. The Balaban J connectivity index is 1.38. The molecule has 0 radical (unpaired) electrons. The molecule has 3 aromatic carbocycles. The van der Waals surface area contributed by atoms with Gasteiger partial charge in [-0.3, -0.25) is 0 Å². The van der Waals surface area contributed by atoms with Gasteiger partial charge in [0.05, 0.1) is 17.2 Å². The average molecular weight is 364 g/mol. The van der Waals surface area contributed by atoms with E-state index >= 15 is 0 Å². The van der Waals surface area contributed by atoms with Crippen molar-refractivity contribution in [3.05, 3.63) is 95.1 Å². The fourth-order valence-corrected chi connectivity index (χ4v) is 2.79. The van der Waals surface area contributed by atoms with E-state index in [4.69, 9.17) is 0 Å². The van der Waals surface area contributed by atoms with E-state index in [1.165, 1.54) is 5.56 Å². The van der Waals surface area contributed by atoms with Crippen LogP contribution in [0.15, 0.2) is 77.9 Å². The maximum atomic E-state index is 4.42. The van der Waals surface area contributed by atoms with Gasteiger partial charge in [0.15, 0.2) is 0 Å². The molecular formula is C24H20N4. The number of hydrogen-bond donors (Lipinski definition) is 2. The van der Waals surface area contributed by atoms with Crippen LogP contribution in [0.25, 0.3) is 11.0 Å². The third kappa shape index (κ3) is 4.28.